The summed E-state index contributed by atoms with van der Waals surface area (Å²) in [6, 6.07) is 20.4. The van der Waals surface area contributed by atoms with Crippen LogP contribution in [0.4, 0.5) is 5.69 Å². The summed E-state index contributed by atoms with van der Waals surface area (Å²) in [6.45, 7) is 4.05. The Labute approximate surface area is 146 Å². The lowest BCUT2D eigenvalue weighted by molar-refractivity contribution is -0.111. The molecule has 0 saturated carbocycles. The van der Waals surface area contributed by atoms with Crippen molar-refractivity contribution in [3.63, 3.8) is 0 Å². The molecule has 3 aromatic rings. The highest BCUT2D eigenvalue weighted by molar-refractivity contribution is 7.16. The molecule has 120 valence electrons. The number of carbonyl (C=O) groups excluding carboxylic acids is 1. The lowest BCUT2D eigenvalue weighted by Crippen LogP contribution is -2.07. The van der Waals surface area contributed by atoms with Gasteiger partial charge in [0.1, 0.15) is 0 Å². The van der Waals surface area contributed by atoms with Crippen LogP contribution in [0.15, 0.2) is 66.7 Å². The quantitative estimate of drug-likeness (QED) is 0.611. The van der Waals surface area contributed by atoms with Crippen molar-refractivity contribution in [3.8, 4) is 10.4 Å². The number of carbonyl (C=O) groups is 1. The topological polar surface area (TPSA) is 29.1 Å². The monoisotopic (exact) mass is 333 g/mol. The Morgan fingerprint density at radius 1 is 0.958 bits per heavy atom. The van der Waals surface area contributed by atoms with Crippen molar-refractivity contribution < 1.29 is 4.79 Å². The number of aryl methyl sites for hydroxylation is 2. The third-order valence-corrected chi connectivity index (χ3v) is 4.67. The van der Waals surface area contributed by atoms with Gasteiger partial charge in [0.05, 0.1) is 0 Å². The zero-order chi connectivity index (χ0) is 16.9. The maximum Gasteiger partial charge on any atom is 0.248 e. The Kier molecular flexibility index (Phi) is 4.92. The molecule has 0 aliphatic heterocycles. The van der Waals surface area contributed by atoms with E-state index in [1.807, 2.05) is 56.3 Å². The van der Waals surface area contributed by atoms with Gasteiger partial charge < -0.3 is 5.32 Å². The van der Waals surface area contributed by atoms with Gasteiger partial charge in [0, 0.05) is 21.5 Å². The number of hydrogen-bond donors (Lipinski definition) is 1. The normalized spacial score (nSPS) is 10.9. The van der Waals surface area contributed by atoms with E-state index in [4.69, 9.17) is 0 Å². The van der Waals surface area contributed by atoms with E-state index < -0.39 is 0 Å². The van der Waals surface area contributed by atoms with E-state index in [2.05, 4.69) is 29.6 Å². The van der Waals surface area contributed by atoms with Crippen molar-refractivity contribution in [2.75, 3.05) is 5.32 Å². The van der Waals surface area contributed by atoms with Crippen molar-refractivity contribution in [1.82, 2.24) is 0 Å². The molecule has 0 aliphatic rings. The number of nitrogens with one attached hydrogen (secondary N) is 1. The Bertz CT molecular complexity index is 858. The van der Waals surface area contributed by atoms with Gasteiger partial charge in [-0.1, -0.05) is 36.4 Å². The fourth-order valence-corrected chi connectivity index (χ4v) is 3.50. The summed E-state index contributed by atoms with van der Waals surface area (Å²) < 4.78 is 0. The molecule has 3 rings (SSSR count). The number of hydrogen-bond acceptors (Lipinski definition) is 2. The number of thiophene rings is 1. The van der Waals surface area contributed by atoms with E-state index in [-0.39, 0.29) is 5.91 Å². The second kappa shape index (κ2) is 7.28. The average molecular weight is 333 g/mol. The molecule has 2 nitrogen and oxygen atoms in total. The lowest BCUT2D eigenvalue weighted by atomic mass is 10.1. The van der Waals surface area contributed by atoms with Crippen molar-refractivity contribution >= 4 is 29.0 Å². The molecule has 0 radical (unpaired) electrons. The predicted molar refractivity (Wildman–Crippen MR) is 103 cm³/mol. The summed E-state index contributed by atoms with van der Waals surface area (Å²) in [6.07, 6.45) is 3.44. The van der Waals surface area contributed by atoms with Crippen LogP contribution < -0.4 is 5.32 Å². The van der Waals surface area contributed by atoms with Crippen LogP contribution in [0, 0.1) is 13.8 Å². The molecule has 2 aromatic carbocycles. The number of amides is 1. The van der Waals surface area contributed by atoms with E-state index in [9.17, 15) is 4.79 Å². The summed E-state index contributed by atoms with van der Waals surface area (Å²) >= 11 is 1.67. The fourth-order valence-electron chi connectivity index (χ4n) is 2.59. The SMILES string of the molecule is Cc1cc(C)cc(NC(=O)/C=C/c2ccc(-c3ccccc3)s2)c1. The summed E-state index contributed by atoms with van der Waals surface area (Å²) in [7, 11) is 0. The molecule has 0 unspecified atom stereocenters. The molecular weight excluding hydrogens is 314 g/mol. The van der Waals surface area contributed by atoms with Crippen LogP contribution in [0.5, 0.6) is 0 Å². The van der Waals surface area contributed by atoms with Crippen LogP contribution in [-0.4, -0.2) is 5.91 Å². The molecule has 0 atom stereocenters. The van der Waals surface area contributed by atoms with Crippen molar-refractivity contribution in [2.24, 2.45) is 0 Å². The minimum atomic E-state index is -0.116. The Morgan fingerprint density at radius 2 is 1.67 bits per heavy atom. The maximum atomic E-state index is 12.1. The molecule has 0 fully saturated rings. The van der Waals surface area contributed by atoms with Gasteiger partial charge in [-0.2, -0.15) is 0 Å². The minimum Gasteiger partial charge on any atom is -0.322 e. The first-order chi connectivity index (χ1) is 11.6. The highest BCUT2D eigenvalue weighted by Crippen LogP contribution is 2.28. The standard InChI is InChI=1S/C21H19NOS/c1-15-12-16(2)14-18(13-15)22-21(23)11-9-19-8-10-20(24-19)17-6-4-3-5-7-17/h3-14H,1-2H3,(H,22,23)/b11-9+. The first kappa shape index (κ1) is 16.2. The molecule has 1 heterocycles. The molecule has 0 aliphatic carbocycles. The highest BCUT2D eigenvalue weighted by Gasteiger charge is 2.02. The van der Waals surface area contributed by atoms with Gasteiger partial charge in [0.15, 0.2) is 0 Å². The number of benzene rings is 2. The Morgan fingerprint density at radius 3 is 2.38 bits per heavy atom. The van der Waals surface area contributed by atoms with Gasteiger partial charge in [-0.25, -0.2) is 0 Å². The smallest absolute Gasteiger partial charge is 0.248 e. The molecular formula is C21H19NOS. The summed E-state index contributed by atoms with van der Waals surface area (Å²) in [5.41, 5.74) is 4.31. The molecule has 1 amide bonds. The molecule has 0 spiro atoms. The molecule has 24 heavy (non-hydrogen) atoms. The van der Waals surface area contributed by atoms with E-state index in [0.29, 0.717) is 0 Å². The third-order valence-electron chi connectivity index (χ3n) is 3.57. The predicted octanol–water partition coefficient (Wildman–Crippen LogP) is 5.68. The Balaban J connectivity index is 1.67. The van der Waals surface area contributed by atoms with Gasteiger partial charge >= 0.3 is 0 Å². The van der Waals surface area contributed by atoms with E-state index in [1.54, 1.807) is 17.4 Å². The van der Waals surface area contributed by atoms with E-state index in [1.165, 1.54) is 10.4 Å². The largest absolute Gasteiger partial charge is 0.322 e. The fraction of sp³-hybridized carbons (Fsp3) is 0.0952. The molecule has 1 aromatic heterocycles. The maximum absolute atomic E-state index is 12.1. The van der Waals surface area contributed by atoms with Gasteiger partial charge in [-0.05, 0) is 60.9 Å². The minimum absolute atomic E-state index is 0.116. The summed E-state index contributed by atoms with van der Waals surface area (Å²) in [5, 5.41) is 2.91. The average Bonchev–Trinajstić information content (AvgIpc) is 3.02. The summed E-state index contributed by atoms with van der Waals surface area (Å²) in [4.78, 5) is 14.4. The first-order valence-corrected chi connectivity index (χ1v) is 8.64. The van der Waals surface area contributed by atoms with Gasteiger partial charge in [0.25, 0.3) is 0 Å². The highest BCUT2D eigenvalue weighted by atomic mass is 32.1. The zero-order valence-corrected chi connectivity index (χ0v) is 14.6. The number of rotatable bonds is 4. The van der Waals surface area contributed by atoms with Gasteiger partial charge in [-0.15, -0.1) is 11.3 Å². The Hall–Kier alpha value is -2.65. The van der Waals surface area contributed by atoms with E-state index in [0.717, 1.165) is 21.7 Å². The van der Waals surface area contributed by atoms with Crippen LogP contribution in [0.2, 0.25) is 0 Å². The third kappa shape index (κ3) is 4.21. The molecule has 0 bridgehead atoms. The van der Waals surface area contributed by atoms with E-state index >= 15 is 0 Å². The zero-order valence-electron chi connectivity index (χ0n) is 13.7. The molecule has 1 N–H and O–H groups in total. The van der Waals surface area contributed by atoms with Gasteiger partial charge in [-0.3, -0.25) is 4.79 Å². The van der Waals surface area contributed by atoms with Crippen LogP contribution in [0.1, 0.15) is 16.0 Å². The van der Waals surface area contributed by atoms with Gasteiger partial charge in [0.2, 0.25) is 5.91 Å². The van der Waals surface area contributed by atoms with Crippen molar-refractivity contribution in [3.05, 3.63) is 82.7 Å². The summed E-state index contributed by atoms with van der Waals surface area (Å²) in [5.74, 6) is -0.116. The van der Waals surface area contributed by atoms with Crippen LogP contribution in [0.25, 0.3) is 16.5 Å². The second-order valence-electron chi connectivity index (χ2n) is 5.77. The van der Waals surface area contributed by atoms with Crippen LogP contribution in [0.3, 0.4) is 0 Å². The first-order valence-electron chi connectivity index (χ1n) is 7.83. The lowest BCUT2D eigenvalue weighted by Gasteiger charge is -2.05. The van der Waals surface area contributed by atoms with Crippen molar-refractivity contribution in [1.29, 1.82) is 0 Å². The van der Waals surface area contributed by atoms with Crippen molar-refractivity contribution in [2.45, 2.75) is 13.8 Å². The number of anilines is 1. The molecule has 3 heteroatoms. The second-order valence-corrected chi connectivity index (χ2v) is 6.88. The van der Waals surface area contributed by atoms with Crippen LogP contribution in [-0.2, 0) is 4.79 Å². The molecule has 0 saturated heterocycles. The van der Waals surface area contributed by atoms with Crippen LogP contribution >= 0.6 is 11.3 Å².